The predicted octanol–water partition coefficient (Wildman–Crippen LogP) is 1.16. The number of piperidine rings is 1. The fourth-order valence-corrected chi connectivity index (χ4v) is 2.39. The average Bonchev–Trinajstić information content (AvgIpc) is 2.96. The van der Waals surface area contributed by atoms with Gasteiger partial charge in [-0.3, -0.25) is 0 Å². The van der Waals surface area contributed by atoms with Crippen LogP contribution in [0.4, 0.5) is 0 Å². The fourth-order valence-electron chi connectivity index (χ4n) is 2.39. The summed E-state index contributed by atoms with van der Waals surface area (Å²) >= 11 is 0. The van der Waals surface area contributed by atoms with Crippen LogP contribution in [-0.4, -0.2) is 28.1 Å². The van der Waals surface area contributed by atoms with E-state index in [0.717, 1.165) is 25.6 Å². The van der Waals surface area contributed by atoms with E-state index in [1.807, 2.05) is 6.20 Å². The fraction of sp³-hybridized carbons (Fsp3) is 0.818. The SMILES string of the molecule is c1nnn(CC2CC2)c1C1CCNCC1. The molecule has 0 atom stereocenters. The standard InChI is InChI=1S/C11H18N4/c1-2-9(1)8-15-11(7-13-14-15)10-3-5-12-6-4-10/h7,9-10,12H,1-6,8H2. The van der Waals surface area contributed by atoms with Crippen molar-refractivity contribution in [3.05, 3.63) is 11.9 Å². The maximum atomic E-state index is 4.22. The molecule has 1 saturated heterocycles. The summed E-state index contributed by atoms with van der Waals surface area (Å²) in [7, 11) is 0. The molecular formula is C11H18N4. The highest BCUT2D eigenvalue weighted by Crippen LogP contribution is 2.32. The zero-order valence-corrected chi connectivity index (χ0v) is 9.02. The summed E-state index contributed by atoms with van der Waals surface area (Å²) in [6, 6.07) is 0. The smallest absolute Gasteiger partial charge is 0.0728 e. The lowest BCUT2D eigenvalue weighted by atomic mass is 9.95. The Kier molecular flexibility index (Phi) is 2.44. The molecule has 1 N–H and O–H groups in total. The average molecular weight is 206 g/mol. The van der Waals surface area contributed by atoms with Gasteiger partial charge in [0.15, 0.2) is 0 Å². The molecule has 2 fully saturated rings. The van der Waals surface area contributed by atoms with E-state index in [2.05, 4.69) is 20.3 Å². The zero-order valence-electron chi connectivity index (χ0n) is 9.02. The Morgan fingerprint density at radius 2 is 2.07 bits per heavy atom. The van der Waals surface area contributed by atoms with Crippen LogP contribution in [0.3, 0.4) is 0 Å². The molecule has 0 radical (unpaired) electrons. The van der Waals surface area contributed by atoms with Crippen LogP contribution in [0.1, 0.15) is 37.3 Å². The maximum absolute atomic E-state index is 4.22. The van der Waals surface area contributed by atoms with E-state index in [-0.39, 0.29) is 0 Å². The lowest BCUT2D eigenvalue weighted by Crippen LogP contribution is -2.28. The van der Waals surface area contributed by atoms with E-state index in [1.54, 1.807) is 0 Å². The summed E-state index contributed by atoms with van der Waals surface area (Å²) < 4.78 is 2.15. The predicted molar refractivity (Wildman–Crippen MR) is 57.6 cm³/mol. The number of aromatic nitrogens is 3. The second kappa shape index (κ2) is 3.93. The van der Waals surface area contributed by atoms with Gasteiger partial charge in [-0.05, 0) is 44.7 Å². The second-order valence-electron chi connectivity index (χ2n) is 4.81. The van der Waals surface area contributed by atoms with E-state index in [4.69, 9.17) is 0 Å². The molecule has 0 aromatic carbocycles. The molecule has 1 saturated carbocycles. The van der Waals surface area contributed by atoms with Crippen molar-refractivity contribution >= 4 is 0 Å². The molecule has 1 aliphatic heterocycles. The summed E-state index contributed by atoms with van der Waals surface area (Å²) in [4.78, 5) is 0. The van der Waals surface area contributed by atoms with E-state index in [9.17, 15) is 0 Å². The van der Waals surface area contributed by atoms with Gasteiger partial charge in [-0.1, -0.05) is 5.21 Å². The topological polar surface area (TPSA) is 42.7 Å². The molecule has 15 heavy (non-hydrogen) atoms. The van der Waals surface area contributed by atoms with Crippen molar-refractivity contribution in [2.24, 2.45) is 5.92 Å². The Morgan fingerprint density at radius 1 is 1.27 bits per heavy atom. The molecule has 0 unspecified atom stereocenters. The first-order valence-electron chi connectivity index (χ1n) is 6.02. The molecule has 1 aromatic rings. The first kappa shape index (κ1) is 9.33. The van der Waals surface area contributed by atoms with Crippen LogP contribution in [-0.2, 0) is 6.54 Å². The zero-order chi connectivity index (χ0) is 10.1. The highest BCUT2D eigenvalue weighted by atomic mass is 15.4. The molecule has 1 aliphatic carbocycles. The Bertz CT molecular complexity index is 323. The van der Waals surface area contributed by atoms with Gasteiger partial charge in [0, 0.05) is 12.5 Å². The number of hydrogen-bond acceptors (Lipinski definition) is 3. The van der Waals surface area contributed by atoms with Crippen molar-refractivity contribution in [3.63, 3.8) is 0 Å². The Labute approximate surface area is 90.0 Å². The molecule has 82 valence electrons. The van der Waals surface area contributed by atoms with Gasteiger partial charge in [-0.2, -0.15) is 0 Å². The van der Waals surface area contributed by atoms with Gasteiger partial charge in [0.2, 0.25) is 0 Å². The van der Waals surface area contributed by atoms with Crippen molar-refractivity contribution in [2.75, 3.05) is 13.1 Å². The molecule has 0 bridgehead atoms. The first-order chi connectivity index (χ1) is 7.43. The molecular weight excluding hydrogens is 188 g/mol. The van der Waals surface area contributed by atoms with Gasteiger partial charge in [0.1, 0.15) is 0 Å². The quantitative estimate of drug-likeness (QED) is 0.807. The Balaban J connectivity index is 1.73. The molecule has 1 aromatic heterocycles. The number of rotatable bonds is 3. The van der Waals surface area contributed by atoms with Crippen LogP contribution in [0.25, 0.3) is 0 Å². The van der Waals surface area contributed by atoms with Crippen molar-refractivity contribution in [2.45, 2.75) is 38.1 Å². The van der Waals surface area contributed by atoms with Crippen LogP contribution >= 0.6 is 0 Å². The van der Waals surface area contributed by atoms with Gasteiger partial charge in [0.25, 0.3) is 0 Å². The highest BCUT2D eigenvalue weighted by Gasteiger charge is 2.25. The maximum Gasteiger partial charge on any atom is 0.0728 e. The molecule has 4 heteroatoms. The summed E-state index contributed by atoms with van der Waals surface area (Å²) in [6.45, 7) is 3.37. The Hall–Kier alpha value is -0.900. The molecule has 2 heterocycles. The van der Waals surface area contributed by atoms with Crippen LogP contribution in [0.15, 0.2) is 6.20 Å². The van der Waals surface area contributed by atoms with Gasteiger partial charge in [-0.25, -0.2) is 4.68 Å². The molecule has 2 aliphatic rings. The normalized spacial score (nSPS) is 23.2. The monoisotopic (exact) mass is 206 g/mol. The van der Waals surface area contributed by atoms with E-state index in [0.29, 0.717) is 5.92 Å². The minimum atomic E-state index is 0.681. The van der Waals surface area contributed by atoms with Crippen LogP contribution in [0.2, 0.25) is 0 Å². The van der Waals surface area contributed by atoms with Gasteiger partial charge >= 0.3 is 0 Å². The first-order valence-corrected chi connectivity index (χ1v) is 6.02. The van der Waals surface area contributed by atoms with Crippen molar-refractivity contribution in [1.29, 1.82) is 0 Å². The highest BCUT2D eigenvalue weighted by molar-refractivity contribution is 5.05. The van der Waals surface area contributed by atoms with Crippen molar-refractivity contribution in [1.82, 2.24) is 20.3 Å². The largest absolute Gasteiger partial charge is 0.317 e. The van der Waals surface area contributed by atoms with E-state index < -0.39 is 0 Å². The molecule has 4 nitrogen and oxygen atoms in total. The van der Waals surface area contributed by atoms with Crippen molar-refractivity contribution < 1.29 is 0 Å². The molecule has 0 spiro atoms. The number of nitrogens with one attached hydrogen (secondary N) is 1. The van der Waals surface area contributed by atoms with Crippen LogP contribution < -0.4 is 5.32 Å². The minimum Gasteiger partial charge on any atom is -0.317 e. The summed E-state index contributed by atoms with van der Waals surface area (Å²) in [6.07, 6.45) is 7.20. The van der Waals surface area contributed by atoms with E-state index in [1.165, 1.54) is 31.4 Å². The number of nitrogens with zero attached hydrogens (tertiary/aromatic N) is 3. The third-order valence-corrected chi connectivity index (χ3v) is 3.53. The van der Waals surface area contributed by atoms with E-state index >= 15 is 0 Å². The summed E-state index contributed by atoms with van der Waals surface area (Å²) in [5, 5.41) is 11.7. The summed E-state index contributed by atoms with van der Waals surface area (Å²) in [5.41, 5.74) is 1.36. The lowest BCUT2D eigenvalue weighted by Gasteiger charge is -2.22. The molecule has 3 rings (SSSR count). The van der Waals surface area contributed by atoms with Gasteiger partial charge in [0.05, 0.1) is 11.9 Å². The lowest BCUT2D eigenvalue weighted by molar-refractivity contribution is 0.421. The van der Waals surface area contributed by atoms with Gasteiger partial charge in [-0.15, -0.1) is 5.10 Å². The van der Waals surface area contributed by atoms with Gasteiger partial charge < -0.3 is 5.32 Å². The minimum absolute atomic E-state index is 0.681. The van der Waals surface area contributed by atoms with Crippen molar-refractivity contribution in [3.8, 4) is 0 Å². The third-order valence-electron chi connectivity index (χ3n) is 3.53. The second-order valence-corrected chi connectivity index (χ2v) is 4.81. The number of hydrogen-bond donors (Lipinski definition) is 1. The third kappa shape index (κ3) is 2.04. The van der Waals surface area contributed by atoms with Crippen LogP contribution in [0, 0.1) is 5.92 Å². The summed E-state index contributed by atoms with van der Waals surface area (Å²) in [5.74, 6) is 1.56. The molecule has 0 amide bonds. The van der Waals surface area contributed by atoms with Crippen LogP contribution in [0.5, 0.6) is 0 Å². The Morgan fingerprint density at radius 3 is 2.80 bits per heavy atom.